The number of imide groups is 1. The lowest BCUT2D eigenvalue weighted by atomic mass is 9.94. The maximum absolute atomic E-state index is 13.9. The van der Waals surface area contributed by atoms with Gasteiger partial charge >= 0.3 is 23.8 Å². The molecule has 6 N–H and O–H groups in total. The van der Waals surface area contributed by atoms with E-state index in [1.54, 1.807) is 14.0 Å². The van der Waals surface area contributed by atoms with Gasteiger partial charge in [-0.1, -0.05) is 17.8 Å². The minimum Gasteiger partial charge on any atom is -0.504 e. The van der Waals surface area contributed by atoms with E-state index in [9.17, 15) is 48.9 Å². The molecule has 254 valence electrons. The van der Waals surface area contributed by atoms with Crippen molar-refractivity contribution < 1.29 is 48.9 Å². The van der Waals surface area contributed by atoms with Gasteiger partial charge in [-0.25, -0.2) is 14.3 Å². The van der Waals surface area contributed by atoms with E-state index in [4.69, 9.17) is 0 Å². The van der Waals surface area contributed by atoms with Crippen LogP contribution in [-0.4, -0.2) is 134 Å². The third kappa shape index (κ3) is 5.94. The van der Waals surface area contributed by atoms with Crippen LogP contribution in [-0.2, 0) is 35.8 Å². The number of fused-ring (bicyclic) bond motifs is 1. The van der Waals surface area contributed by atoms with Gasteiger partial charge in [0.2, 0.25) is 23.1 Å². The fourth-order valence-electron chi connectivity index (χ4n) is 5.26. The highest BCUT2D eigenvalue weighted by Gasteiger charge is 2.66. The number of nitrogens with one attached hydrogen (secondary N) is 3. The van der Waals surface area contributed by atoms with Gasteiger partial charge < -0.3 is 36.2 Å². The van der Waals surface area contributed by atoms with Crippen LogP contribution in [0.2, 0.25) is 0 Å². The van der Waals surface area contributed by atoms with Crippen molar-refractivity contribution in [3.63, 3.8) is 0 Å². The molecule has 2 aromatic rings. The number of thioether (sulfide) groups is 2. The molecule has 2 fully saturated rings. The molecule has 3 aliphatic rings. The molecule has 0 saturated carbocycles. The molecule has 4 heterocycles. The maximum Gasteiger partial charge on any atom is 0.352 e. The van der Waals surface area contributed by atoms with Gasteiger partial charge in [0.1, 0.15) is 17.1 Å². The molecule has 2 saturated heterocycles. The number of amides is 7. The van der Waals surface area contributed by atoms with Crippen molar-refractivity contribution in [1.82, 2.24) is 50.9 Å². The Labute approximate surface area is 278 Å². The van der Waals surface area contributed by atoms with Crippen LogP contribution in [0.25, 0.3) is 0 Å². The number of carboxylic acid groups (broad SMARTS) is 1. The molecule has 3 aliphatic heterocycles. The zero-order valence-electron chi connectivity index (χ0n) is 25.1. The van der Waals surface area contributed by atoms with Gasteiger partial charge in [-0.15, -0.1) is 16.9 Å². The van der Waals surface area contributed by atoms with Crippen molar-refractivity contribution in [3.05, 3.63) is 35.0 Å². The highest BCUT2D eigenvalue weighted by Crippen LogP contribution is 2.46. The Morgan fingerprint density at radius 3 is 2.54 bits per heavy atom. The average Bonchev–Trinajstić information content (AvgIpc) is 3.48. The molecule has 0 aliphatic carbocycles. The van der Waals surface area contributed by atoms with E-state index in [1.165, 1.54) is 15.6 Å². The van der Waals surface area contributed by atoms with Crippen molar-refractivity contribution in [3.8, 4) is 11.5 Å². The van der Waals surface area contributed by atoms with Gasteiger partial charge in [-0.2, -0.15) is 0 Å². The number of aryl methyl sites for hydroxylation is 1. The summed E-state index contributed by atoms with van der Waals surface area (Å²) in [5, 5.41) is 47.4. The zero-order chi connectivity index (χ0) is 34.9. The van der Waals surface area contributed by atoms with Crippen molar-refractivity contribution in [2.24, 2.45) is 7.05 Å². The number of nitrogens with zero attached hydrogens (tertiary/aromatic N) is 7. The Bertz CT molecular complexity index is 1750. The van der Waals surface area contributed by atoms with Crippen LogP contribution in [0.15, 0.2) is 34.6 Å². The Kier molecular flexibility index (Phi) is 9.47. The molecule has 0 radical (unpaired) electrons. The minimum atomic E-state index is -2.18. The molecule has 22 heteroatoms. The lowest BCUT2D eigenvalue weighted by Gasteiger charge is -2.56. The summed E-state index contributed by atoms with van der Waals surface area (Å²) in [6.07, 6.45) is 0.143. The fourth-order valence-corrected chi connectivity index (χ4v) is 7.68. The molecule has 1 aromatic carbocycles. The molecular weight excluding hydrogens is 676 g/mol. The molecular formula is C26H28N10O10S2. The summed E-state index contributed by atoms with van der Waals surface area (Å²) < 4.78 is 1.38. The fraction of sp³-hybridized carbons (Fsp3) is 0.385. The Balaban J connectivity index is 1.42. The molecule has 48 heavy (non-hydrogen) atoms. The quantitative estimate of drug-likeness (QED) is 0.0358. The number of likely N-dealkylation sites (N-methyl/N-ethyl adjacent to an activating group) is 1. The van der Waals surface area contributed by atoms with E-state index in [0.29, 0.717) is 15.6 Å². The number of aliphatic carboxylic acids is 1. The lowest BCUT2D eigenvalue weighted by molar-refractivity contribution is -0.163. The standard InChI is InChI=1S/C26H28N10O10S2/c1-3-34-6-7-35(20(42)19(34)41)24(46)28-16(12-4-5-14(38)15(39)8-12)18(40)29-26(27-11-37)22(45)36-17(21(43)44)13(9-47-23(26)36)10-48-25-30-31-32-33(25)2/h4-5,8,11,16,23,38-39H,3,6-7,9-10H2,1-2H3,(H,27,37)(H,28,46)(H,29,40)(H,43,44)/t16?,23-,26-/m1/s1. The number of hydrogen-bond acceptors (Lipinski definition) is 14. The zero-order valence-corrected chi connectivity index (χ0v) is 26.8. The number of aromatic nitrogens is 4. The highest BCUT2D eigenvalue weighted by atomic mass is 32.2. The number of phenols is 2. The largest absolute Gasteiger partial charge is 0.504 e. The van der Waals surface area contributed by atoms with Gasteiger partial charge in [0.25, 0.3) is 5.91 Å². The first-order valence-corrected chi connectivity index (χ1v) is 16.1. The highest BCUT2D eigenvalue weighted by molar-refractivity contribution is 8.01. The smallest absolute Gasteiger partial charge is 0.352 e. The minimum absolute atomic E-state index is 0.0381. The first-order valence-electron chi connectivity index (χ1n) is 14.1. The average molecular weight is 705 g/mol. The van der Waals surface area contributed by atoms with Gasteiger partial charge in [0.15, 0.2) is 11.5 Å². The van der Waals surface area contributed by atoms with Crippen LogP contribution in [0.3, 0.4) is 0 Å². The number of tetrazole rings is 1. The van der Waals surface area contributed by atoms with Crippen molar-refractivity contribution in [1.29, 1.82) is 0 Å². The first-order chi connectivity index (χ1) is 22.8. The van der Waals surface area contributed by atoms with E-state index in [1.807, 2.05) is 0 Å². The van der Waals surface area contributed by atoms with E-state index in [2.05, 4.69) is 31.5 Å². The molecule has 1 aromatic heterocycles. The van der Waals surface area contributed by atoms with Crippen LogP contribution in [0.5, 0.6) is 11.5 Å². The van der Waals surface area contributed by atoms with Crippen LogP contribution in [0.4, 0.5) is 4.79 Å². The van der Waals surface area contributed by atoms with E-state index in [0.717, 1.165) is 40.6 Å². The van der Waals surface area contributed by atoms with Crippen LogP contribution in [0.1, 0.15) is 18.5 Å². The number of carboxylic acids is 1. The monoisotopic (exact) mass is 704 g/mol. The van der Waals surface area contributed by atoms with Crippen molar-refractivity contribution >= 4 is 65.6 Å². The number of piperazine rings is 1. The molecule has 0 bridgehead atoms. The maximum atomic E-state index is 13.9. The molecule has 3 atom stereocenters. The number of carbonyl (C=O) groups is 7. The number of urea groups is 1. The summed E-state index contributed by atoms with van der Waals surface area (Å²) in [7, 11) is 1.60. The predicted molar refractivity (Wildman–Crippen MR) is 162 cm³/mol. The molecule has 1 unspecified atom stereocenters. The van der Waals surface area contributed by atoms with Crippen molar-refractivity contribution in [2.75, 3.05) is 31.1 Å². The molecule has 20 nitrogen and oxygen atoms in total. The number of carbonyl (C=O) groups excluding carboxylic acids is 6. The molecule has 0 spiro atoms. The normalized spacial score (nSPS) is 21.3. The van der Waals surface area contributed by atoms with Crippen LogP contribution < -0.4 is 16.0 Å². The summed E-state index contributed by atoms with van der Waals surface area (Å²) in [5.74, 6) is -6.69. The summed E-state index contributed by atoms with van der Waals surface area (Å²) in [6, 6.07) is 0.234. The van der Waals surface area contributed by atoms with Crippen LogP contribution >= 0.6 is 23.5 Å². The topological polar surface area (TPSA) is 270 Å². The van der Waals surface area contributed by atoms with Crippen LogP contribution in [0, 0.1) is 0 Å². The third-order valence-corrected chi connectivity index (χ3v) is 10.2. The number of aromatic hydroxyl groups is 2. The second-order valence-corrected chi connectivity index (χ2v) is 12.5. The summed E-state index contributed by atoms with van der Waals surface area (Å²) >= 11 is 2.18. The molecule has 5 rings (SSSR count). The second kappa shape index (κ2) is 13.4. The Morgan fingerprint density at radius 1 is 1.17 bits per heavy atom. The van der Waals surface area contributed by atoms with E-state index in [-0.39, 0.29) is 48.8 Å². The van der Waals surface area contributed by atoms with Gasteiger partial charge in [0, 0.05) is 38.2 Å². The third-order valence-electron chi connectivity index (χ3n) is 7.72. The van der Waals surface area contributed by atoms with Gasteiger partial charge in [-0.05, 0) is 40.6 Å². The number of β-lactam (4-membered cyclic amide) rings is 1. The Hall–Kier alpha value is -5.38. The van der Waals surface area contributed by atoms with Gasteiger partial charge in [0.05, 0.1) is 0 Å². The first kappa shape index (κ1) is 34.0. The summed E-state index contributed by atoms with van der Waals surface area (Å²) in [5.41, 5.74) is -2.31. The number of phenolic OH excluding ortho intramolecular Hbond substituents is 2. The Morgan fingerprint density at radius 2 is 1.92 bits per heavy atom. The van der Waals surface area contributed by atoms with E-state index < -0.39 is 64.2 Å². The number of rotatable bonds is 11. The SMILES string of the molecule is CCN1CCN(C(=O)NC(C(=O)N[C@]2(NC=O)C(=O)N3C(C(=O)O)=C(CSc4nnnn4C)CS[C@@H]32)c2ccc(O)c(O)c2)C(=O)C1=O. The van der Waals surface area contributed by atoms with Gasteiger partial charge in [-0.3, -0.25) is 33.8 Å². The summed E-state index contributed by atoms with van der Waals surface area (Å²) in [6.45, 7) is 1.73. The van der Waals surface area contributed by atoms with E-state index >= 15 is 0 Å². The number of hydrogen-bond donors (Lipinski definition) is 6. The number of benzene rings is 1. The predicted octanol–water partition coefficient (Wildman–Crippen LogP) is -2.33. The summed E-state index contributed by atoms with van der Waals surface area (Å²) in [4.78, 5) is 92.9. The van der Waals surface area contributed by atoms with Crippen molar-refractivity contribution in [2.45, 2.75) is 29.2 Å². The molecule has 7 amide bonds. The lowest BCUT2D eigenvalue weighted by Crippen LogP contribution is -2.85. The second-order valence-electron chi connectivity index (χ2n) is 10.5.